The van der Waals surface area contributed by atoms with Gasteiger partial charge in [-0.25, -0.2) is 0 Å². The van der Waals surface area contributed by atoms with E-state index in [0.29, 0.717) is 17.9 Å². The van der Waals surface area contributed by atoms with Gasteiger partial charge in [-0.05, 0) is 31.6 Å². The average Bonchev–Trinajstić information content (AvgIpc) is 2.63. The molecule has 4 heteroatoms. The van der Waals surface area contributed by atoms with Crippen molar-refractivity contribution in [2.75, 3.05) is 33.4 Å². The molecule has 0 bridgehead atoms. The smallest absolute Gasteiger partial charge is 0.221 e. The van der Waals surface area contributed by atoms with Gasteiger partial charge in [-0.2, -0.15) is 0 Å². The first-order valence-electron chi connectivity index (χ1n) is 6.68. The summed E-state index contributed by atoms with van der Waals surface area (Å²) in [5.74, 6) is 0.144. The van der Waals surface area contributed by atoms with Gasteiger partial charge in [0.05, 0.1) is 0 Å². The number of ether oxygens (including phenoxy) is 1. The molecule has 1 amide bonds. The molecule has 0 saturated carbocycles. The normalized spacial score (nSPS) is 28.5. The van der Waals surface area contributed by atoms with Crippen LogP contribution in [0.5, 0.6) is 0 Å². The van der Waals surface area contributed by atoms with Crippen LogP contribution >= 0.6 is 0 Å². The summed E-state index contributed by atoms with van der Waals surface area (Å²) in [6.45, 7) is 6.15. The lowest BCUT2D eigenvalue weighted by Gasteiger charge is -2.33. The summed E-state index contributed by atoms with van der Waals surface area (Å²) in [6, 6.07) is 0.609. The Morgan fingerprint density at radius 1 is 1.47 bits per heavy atom. The number of hydrogen-bond donors (Lipinski definition) is 1. The molecule has 0 aromatic carbocycles. The molecule has 2 rings (SSSR count). The van der Waals surface area contributed by atoms with Crippen LogP contribution in [0.1, 0.15) is 32.6 Å². The Bertz CT molecular complexity index is 275. The molecule has 2 heterocycles. The second kappa shape index (κ2) is 5.36. The Balaban J connectivity index is 1.86. The number of carbonyl (C=O) groups is 1. The minimum atomic E-state index is 0.144. The molecule has 1 spiro atoms. The molecule has 2 aliphatic heterocycles. The molecule has 4 nitrogen and oxygen atoms in total. The summed E-state index contributed by atoms with van der Waals surface area (Å²) >= 11 is 0. The van der Waals surface area contributed by atoms with Gasteiger partial charge >= 0.3 is 0 Å². The highest BCUT2D eigenvalue weighted by atomic mass is 16.5. The lowest BCUT2D eigenvalue weighted by molar-refractivity contribution is -0.121. The molecular weight excluding hydrogens is 216 g/mol. The van der Waals surface area contributed by atoms with Gasteiger partial charge in [-0.3, -0.25) is 9.69 Å². The van der Waals surface area contributed by atoms with Crippen molar-refractivity contribution in [3.63, 3.8) is 0 Å². The monoisotopic (exact) mass is 240 g/mol. The first-order valence-corrected chi connectivity index (χ1v) is 6.68. The third kappa shape index (κ3) is 2.99. The predicted octanol–water partition coefficient (Wildman–Crippen LogP) is 1.01. The summed E-state index contributed by atoms with van der Waals surface area (Å²) in [5.41, 5.74) is 0.473. The van der Waals surface area contributed by atoms with E-state index in [4.69, 9.17) is 4.74 Å². The second-order valence-corrected chi connectivity index (χ2v) is 5.56. The zero-order valence-corrected chi connectivity index (χ0v) is 11.0. The van der Waals surface area contributed by atoms with Crippen LogP contribution in [0.15, 0.2) is 0 Å². The number of rotatable bonds is 3. The van der Waals surface area contributed by atoms with Crippen molar-refractivity contribution in [1.29, 1.82) is 0 Å². The molecule has 1 atom stereocenters. The third-order valence-corrected chi connectivity index (χ3v) is 4.35. The van der Waals surface area contributed by atoms with Gasteiger partial charge in [-0.15, -0.1) is 0 Å². The van der Waals surface area contributed by atoms with Crippen molar-refractivity contribution in [1.82, 2.24) is 10.2 Å². The van der Waals surface area contributed by atoms with E-state index in [1.54, 1.807) is 7.05 Å². The predicted molar refractivity (Wildman–Crippen MR) is 66.8 cm³/mol. The van der Waals surface area contributed by atoms with E-state index in [9.17, 15) is 4.79 Å². The zero-order chi connectivity index (χ0) is 12.3. The zero-order valence-electron chi connectivity index (χ0n) is 11.0. The van der Waals surface area contributed by atoms with E-state index in [1.807, 2.05) is 0 Å². The van der Waals surface area contributed by atoms with Crippen LogP contribution in [0.3, 0.4) is 0 Å². The van der Waals surface area contributed by atoms with Crippen LogP contribution in [0.4, 0.5) is 0 Å². The maximum Gasteiger partial charge on any atom is 0.221 e. The first kappa shape index (κ1) is 12.8. The Hall–Kier alpha value is -0.610. The fraction of sp³-hybridized carbons (Fsp3) is 0.923. The van der Waals surface area contributed by atoms with Gasteiger partial charge in [0.25, 0.3) is 0 Å². The molecule has 2 aliphatic rings. The van der Waals surface area contributed by atoms with Crippen LogP contribution in [-0.2, 0) is 9.53 Å². The topological polar surface area (TPSA) is 41.6 Å². The molecule has 0 aliphatic carbocycles. The number of likely N-dealkylation sites (tertiary alicyclic amines) is 1. The molecule has 1 N–H and O–H groups in total. The van der Waals surface area contributed by atoms with Crippen molar-refractivity contribution < 1.29 is 9.53 Å². The highest BCUT2D eigenvalue weighted by Gasteiger charge is 2.42. The largest absolute Gasteiger partial charge is 0.381 e. The molecule has 0 aromatic rings. The molecule has 0 aromatic heterocycles. The molecule has 1 unspecified atom stereocenters. The van der Waals surface area contributed by atoms with E-state index in [2.05, 4.69) is 17.1 Å². The molecular formula is C13H24N2O2. The maximum absolute atomic E-state index is 11.3. The second-order valence-electron chi connectivity index (χ2n) is 5.56. The van der Waals surface area contributed by atoms with Crippen molar-refractivity contribution >= 4 is 5.91 Å². The first-order chi connectivity index (χ1) is 8.15. The summed E-state index contributed by atoms with van der Waals surface area (Å²) in [4.78, 5) is 13.8. The third-order valence-electron chi connectivity index (χ3n) is 4.35. The van der Waals surface area contributed by atoms with E-state index in [-0.39, 0.29) is 5.91 Å². The quantitative estimate of drug-likeness (QED) is 0.800. The molecule has 2 fully saturated rings. The number of carbonyl (C=O) groups excluding carboxylic acids is 1. The van der Waals surface area contributed by atoms with Gasteiger partial charge in [0.1, 0.15) is 0 Å². The van der Waals surface area contributed by atoms with Gasteiger partial charge in [0.15, 0.2) is 0 Å². The highest BCUT2D eigenvalue weighted by molar-refractivity contribution is 5.75. The Morgan fingerprint density at radius 2 is 2.18 bits per heavy atom. The van der Waals surface area contributed by atoms with Gasteiger partial charge in [0.2, 0.25) is 5.91 Å². The molecule has 0 radical (unpaired) electrons. The number of nitrogens with zero attached hydrogens (tertiary/aromatic N) is 1. The minimum Gasteiger partial charge on any atom is -0.381 e. The van der Waals surface area contributed by atoms with E-state index < -0.39 is 0 Å². The summed E-state index contributed by atoms with van der Waals surface area (Å²) in [7, 11) is 1.70. The lowest BCUT2D eigenvalue weighted by atomic mass is 9.78. The van der Waals surface area contributed by atoms with Crippen molar-refractivity contribution in [2.24, 2.45) is 5.41 Å². The van der Waals surface area contributed by atoms with Gasteiger partial charge < -0.3 is 10.1 Å². The molecule has 2 saturated heterocycles. The maximum atomic E-state index is 11.3. The molecule has 17 heavy (non-hydrogen) atoms. The standard InChI is InChI=1S/C13H24N2O2/c1-11-9-13(4-7-17-8-5-13)10-15(11)6-3-12(16)14-2/h11H,3-10H2,1-2H3,(H,14,16). The van der Waals surface area contributed by atoms with Crippen LogP contribution in [0.2, 0.25) is 0 Å². The Kier molecular flexibility index (Phi) is 4.05. The SMILES string of the molecule is CNC(=O)CCN1CC2(CCOCC2)CC1C. The minimum absolute atomic E-state index is 0.144. The van der Waals surface area contributed by atoms with Gasteiger partial charge in [0, 0.05) is 45.8 Å². The van der Waals surface area contributed by atoms with Crippen molar-refractivity contribution in [3.8, 4) is 0 Å². The van der Waals surface area contributed by atoms with E-state index in [0.717, 1.165) is 26.3 Å². The van der Waals surface area contributed by atoms with Crippen molar-refractivity contribution in [2.45, 2.75) is 38.6 Å². The van der Waals surface area contributed by atoms with Crippen LogP contribution < -0.4 is 5.32 Å². The fourth-order valence-corrected chi connectivity index (χ4v) is 3.24. The number of nitrogens with one attached hydrogen (secondary N) is 1. The average molecular weight is 240 g/mol. The van der Waals surface area contributed by atoms with E-state index >= 15 is 0 Å². The summed E-state index contributed by atoms with van der Waals surface area (Å²) in [5, 5.41) is 2.69. The fourth-order valence-electron chi connectivity index (χ4n) is 3.24. The Labute approximate surface area is 104 Å². The summed E-state index contributed by atoms with van der Waals surface area (Å²) in [6.07, 6.45) is 4.26. The Morgan fingerprint density at radius 3 is 2.82 bits per heavy atom. The number of hydrogen-bond acceptors (Lipinski definition) is 3. The summed E-state index contributed by atoms with van der Waals surface area (Å²) < 4.78 is 5.46. The highest BCUT2D eigenvalue weighted by Crippen LogP contribution is 2.42. The van der Waals surface area contributed by atoms with E-state index in [1.165, 1.54) is 19.3 Å². The van der Waals surface area contributed by atoms with Crippen molar-refractivity contribution in [3.05, 3.63) is 0 Å². The number of amides is 1. The molecule has 98 valence electrons. The van der Waals surface area contributed by atoms with Crippen LogP contribution in [0.25, 0.3) is 0 Å². The lowest BCUT2D eigenvalue weighted by Crippen LogP contribution is -2.35. The van der Waals surface area contributed by atoms with Gasteiger partial charge in [-0.1, -0.05) is 0 Å². The van der Waals surface area contributed by atoms with Crippen LogP contribution in [0, 0.1) is 5.41 Å². The van der Waals surface area contributed by atoms with Crippen LogP contribution in [-0.4, -0.2) is 50.2 Å².